The van der Waals surface area contributed by atoms with Gasteiger partial charge in [0.15, 0.2) is 0 Å². The van der Waals surface area contributed by atoms with Crippen molar-refractivity contribution >= 4 is 32.8 Å². The van der Waals surface area contributed by atoms with Crippen LogP contribution in [-0.4, -0.2) is 15.6 Å². The summed E-state index contributed by atoms with van der Waals surface area (Å²) in [6.45, 7) is 4.91. The second kappa shape index (κ2) is 4.37. The summed E-state index contributed by atoms with van der Waals surface area (Å²) in [5, 5.41) is 10.3. The first-order valence-corrected chi connectivity index (χ1v) is 7.34. The molecule has 0 aliphatic carbocycles. The third-order valence-corrected chi connectivity index (χ3v) is 5.14. The lowest BCUT2D eigenvalue weighted by molar-refractivity contribution is -0.138. The molecule has 100 valence electrons. The SMILES string of the molecule is Cc1c(Br)c2cc(C(C)C(=O)O)cc3c2n1CCC3. The molecule has 1 unspecified atom stereocenters. The Morgan fingerprint density at radius 3 is 2.89 bits per heavy atom. The van der Waals surface area contributed by atoms with Crippen LogP contribution in [0.5, 0.6) is 0 Å². The van der Waals surface area contributed by atoms with E-state index in [0.717, 1.165) is 34.8 Å². The summed E-state index contributed by atoms with van der Waals surface area (Å²) in [6, 6.07) is 4.10. The Bertz CT molecular complexity index is 687. The summed E-state index contributed by atoms with van der Waals surface area (Å²) >= 11 is 3.66. The molecule has 0 bridgehead atoms. The van der Waals surface area contributed by atoms with Crippen molar-refractivity contribution in [1.82, 2.24) is 4.57 Å². The lowest BCUT2D eigenvalue weighted by atomic mass is 9.94. The molecule has 0 saturated carbocycles. The monoisotopic (exact) mass is 321 g/mol. The topological polar surface area (TPSA) is 42.2 Å². The van der Waals surface area contributed by atoms with Crippen LogP contribution in [0.25, 0.3) is 10.9 Å². The highest BCUT2D eigenvalue weighted by molar-refractivity contribution is 9.10. The van der Waals surface area contributed by atoms with Gasteiger partial charge in [-0.2, -0.15) is 0 Å². The Morgan fingerprint density at radius 1 is 1.47 bits per heavy atom. The molecule has 0 amide bonds. The second-order valence-corrected chi connectivity index (χ2v) is 6.08. The van der Waals surface area contributed by atoms with E-state index in [1.165, 1.54) is 16.8 Å². The van der Waals surface area contributed by atoms with E-state index in [0.29, 0.717) is 0 Å². The van der Waals surface area contributed by atoms with E-state index in [2.05, 4.69) is 33.5 Å². The fraction of sp³-hybridized carbons (Fsp3) is 0.400. The molecule has 3 rings (SSSR count). The molecular formula is C15H16BrNO2. The predicted molar refractivity (Wildman–Crippen MR) is 78.7 cm³/mol. The summed E-state index contributed by atoms with van der Waals surface area (Å²) < 4.78 is 3.44. The number of rotatable bonds is 2. The molecule has 0 fully saturated rings. The normalized spacial score (nSPS) is 15.7. The number of nitrogens with zero attached hydrogens (tertiary/aromatic N) is 1. The van der Waals surface area contributed by atoms with Crippen LogP contribution < -0.4 is 0 Å². The molecule has 1 aromatic carbocycles. The van der Waals surface area contributed by atoms with Gasteiger partial charge in [0.25, 0.3) is 0 Å². The van der Waals surface area contributed by atoms with Gasteiger partial charge in [-0.1, -0.05) is 6.07 Å². The van der Waals surface area contributed by atoms with Crippen LogP contribution in [0.3, 0.4) is 0 Å². The summed E-state index contributed by atoms with van der Waals surface area (Å²) in [5.41, 5.74) is 4.68. The zero-order chi connectivity index (χ0) is 13.7. The van der Waals surface area contributed by atoms with Gasteiger partial charge in [0.2, 0.25) is 0 Å². The van der Waals surface area contributed by atoms with Crippen molar-refractivity contribution in [3.8, 4) is 0 Å². The Balaban J connectivity index is 2.32. The molecule has 0 radical (unpaired) electrons. The van der Waals surface area contributed by atoms with Crippen LogP contribution >= 0.6 is 15.9 Å². The third-order valence-electron chi connectivity index (χ3n) is 4.14. The lowest BCUT2D eigenvalue weighted by Gasteiger charge is -2.18. The van der Waals surface area contributed by atoms with Crippen LogP contribution in [0.15, 0.2) is 16.6 Å². The van der Waals surface area contributed by atoms with Crippen molar-refractivity contribution in [2.45, 2.75) is 39.2 Å². The van der Waals surface area contributed by atoms with Gasteiger partial charge in [-0.25, -0.2) is 0 Å². The van der Waals surface area contributed by atoms with Crippen molar-refractivity contribution in [2.75, 3.05) is 0 Å². The molecule has 1 N–H and O–H groups in total. The second-order valence-electron chi connectivity index (χ2n) is 5.29. The average molecular weight is 322 g/mol. The zero-order valence-electron chi connectivity index (χ0n) is 11.0. The highest BCUT2D eigenvalue weighted by Gasteiger charge is 2.22. The van der Waals surface area contributed by atoms with Crippen LogP contribution in [0.2, 0.25) is 0 Å². The maximum absolute atomic E-state index is 11.2. The Morgan fingerprint density at radius 2 is 2.21 bits per heavy atom. The van der Waals surface area contributed by atoms with Gasteiger partial charge in [0.05, 0.1) is 11.4 Å². The minimum absolute atomic E-state index is 0.460. The van der Waals surface area contributed by atoms with Gasteiger partial charge >= 0.3 is 5.97 Å². The van der Waals surface area contributed by atoms with Crippen molar-refractivity contribution in [3.05, 3.63) is 33.4 Å². The number of carbonyl (C=O) groups is 1. The Labute approximate surface area is 120 Å². The summed E-state index contributed by atoms with van der Waals surface area (Å²) in [7, 11) is 0. The van der Waals surface area contributed by atoms with E-state index >= 15 is 0 Å². The summed E-state index contributed by atoms with van der Waals surface area (Å²) in [6.07, 6.45) is 2.15. The smallest absolute Gasteiger partial charge is 0.310 e. The molecule has 1 atom stereocenters. The summed E-state index contributed by atoms with van der Waals surface area (Å²) in [4.78, 5) is 11.2. The number of aryl methyl sites for hydroxylation is 2. The predicted octanol–water partition coefficient (Wildman–Crippen LogP) is 3.85. The number of carboxylic acid groups (broad SMARTS) is 1. The lowest BCUT2D eigenvalue weighted by Crippen LogP contribution is -2.11. The minimum atomic E-state index is -0.769. The molecule has 0 saturated heterocycles. The van der Waals surface area contributed by atoms with Gasteiger partial charge in [-0.15, -0.1) is 0 Å². The van der Waals surface area contributed by atoms with E-state index in [9.17, 15) is 9.90 Å². The largest absolute Gasteiger partial charge is 0.481 e. The van der Waals surface area contributed by atoms with Gasteiger partial charge < -0.3 is 9.67 Å². The number of hydrogen-bond donors (Lipinski definition) is 1. The third kappa shape index (κ3) is 1.81. The Kier molecular flexibility index (Phi) is 2.93. The van der Waals surface area contributed by atoms with E-state index < -0.39 is 11.9 Å². The van der Waals surface area contributed by atoms with Crippen molar-refractivity contribution in [2.24, 2.45) is 0 Å². The fourth-order valence-corrected chi connectivity index (χ4v) is 3.49. The molecule has 19 heavy (non-hydrogen) atoms. The van der Waals surface area contributed by atoms with Crippen LogP contribution in [0.1, 0.15) is 36.1 Å². The Hall–Kier alpha value is -1.29. The van der Waals surface area contributed by atoms with Crippen molar-refractivity contribution in [1.29, 1.82) is 0 Å². The number of hydrogen-bond acceptors (Lipinski definition) is 1. The van der Waals surface area contributed by atoms with E-state index in [1.54, 1.807) is 6.92 Å². The van der Waals surface area contributed by atoms with Crippen molar-refractivity contribution in [3.63, 3.8) is 0 Å². The molecule has 2 heterocycles. The zero-order valence-corrected chi connectivity index (χ0v) is 12.6. The molecular weight excluding hydrogens is 306 g/mol. The van der Waals surface area contributed by atoms with Crippen LogP contribution in [-0.2, 0) is 17.8 Å². The first-order valence-electron chi connectivity index (χ1n) is 6.54. The first kappa shape index (κ1) is 12.7. The molecule has 3 nitrogen and oxygen atoms in total. The van der Waals surface area contributed by atoms with Crippen LogP contribution in [0.4, 0.5) is 0 Å². The molecule has 1 aliphatic rings. The van der Waals surface area contributed by atoms with Gasteiger partial charge in [-0.05, 0) is 59.8 Å². The molecule has 4 heteroatoms. The highest BCUT2D eigenvalue weighted by Crippen LogP contribution is 2.37. The van der Waals surface area contributed by atoms with Gasteiger partial charge in [0, 0.05) is 22.1 Å². The fourth-order valence-electron chi connectivity index (χ4n) is 2.98. The van der Waals surface area contributed by atoms with Gasteiger partial charge in [0.1, 0.15) is 0 Å². The van der Waals surface area contributed by atoms with E-state index in [1.807, 2.05) is 6.07 Å². The van der Waals surface area contributed by atoms with E-state index in [4.69, 9.17) is 0 Å². The van der Waals surface area contributed by atoms with Crippen LogP contribution in [0, 0.1) is 6.92 Å². The standard InChI is InChI=1S/C15H16BrNO2/c1-8(15(18)19)11-6-10-4-3-5-17-9(2)13(16)12(7-11)14(10)17/h6-8H,3-5H2,1-2H3,(H,18,19). The number of benzene rings is 1. The molecule has 2 aromatic rings. The summed E-state index contributed by atoms with van der Waals surface area (Å²) in [5.74, 6) is -1.23. The maximum Gasteiger partial charge on any atom is 0.310 e. The number of aliphatic carboxylic acids is 1. The molecule has 0 spiro atoms. The molecule has 1 aliphatic heterocycles. The maximum atomic E-state index is 11.2. The van der Waals surface area contributed by atoms with Crippen molar-refractivity contribution < 1.29 is 9.90 Å². The minimum Gasteiger partial charge on any atom is -0.481 e. The quantitative estimate of drug-likeness (QED) is 0.912. The van der Waals surface area contributed by atoms with Gasteiger partial charge in [-0.3, -0.25) is 4.79 Å². The van der Waals surface area contributed by atoms with E-state index in [-0.39, 0.29) is 0 Å². The molecule has 1 aromatic heterocycles. The highest BCUT2D eigenvalue weighted by atomic mass is 79.9. The number of halogens is 1. The first-order chi connectivity index (χ1) is 9.00. The number of aromatic nitrogens is 1. The number of carboxylic acids is 1. The average Bonchev–Trinajstić information content (AvgIpc) is 2.65.